The van der Waals surface area contributed by atoms with Gasteiger partial charge in [-0.2, -0.15) is 11.3 Å². The predicted octanol–water partition coefficient (Wildman–Crippen LogP) is 4.55. The van der Waals surface area contributed by atoms with E-state index in [2.05, 4.69) is 36.8 Å². The van der Waals surface area contributed by atoms with Gasteiger partial charge in [-0.1, -0.05) is 13.3 Å². The molecule has 3 nitrogen and oxygen atoms in total. The highest BCUT2D eigenvalue weighted by molar-refractivity contribution is 7.08. The molecule has 0 aliphatic heterocycles. The van der Waals surface area contributed by atoms with E-state index in [1.54, 1.807) is 11.3 Å². The van der Waals surface area contributed by atoms with Crippen molar-refractivity contribution in [3.05, 3.63) is 33.8 Å². The number of nitrogens with two attached hydrogens (primary N) is 1. The monoisotopic (exact) mass is 304 g/mol. The number of hydrogen-bond acceptors (Lipinski definition) is 2. The molecule has 1 amide bonds. The first kappa shape index (κ1) is 15.8. The first-order valence-corrected chi connectivity index (χ1v) is 8.49. The van der Waals surface area contributed by atoms with Gasteiger partial charge in [0.05, 0.1) is 5.56 Å². The number of aromatic nitrogens is 1. The zero-order valence-corrected chi connectivity index (χ0v) is 14.1. The van der Waals surface area contributed by atoms with Crippen molar-refractivity contribution < 1.29 is 4.79 Å². The van der Waals surface area contributed by atoms with E-state index >= 15 is 0 Å². The van der Waals surface area contributed by atoms with Crippen LogP contribution in [0, 0.1) is 6.92 Å². The molecule has 0 bridgehead atoms. The molecule has 2 heterocycles. The fourth-order valence-electron chi connectivity index (χ4n) is 3.08. The summed E-state index contributed by atoms with van der Waals surface area (Å²) in [7, 11) is 0. The van der Waals surface area contributed by atoms with E-state index in [0.29, 0.717) is 11.6 Å². The highest BCUT2D eigenvalue weighted by atomic mass is 32.1. The molecule has 0 saturated heterocycles. The van der Waals surface area contributed by atoms with Crippen LogP contribution in [-0.2, 0) is 6.42 Å². The van der Waals surface area contributed by atoms with Crippen molar-refractivity contribution in [3.8, 4) is 11.1 Å². The van der Waals surface area contributed by atoms with Crippen LogP contribution in [-0.4, -0.2) is 10.5 Å². The van der Waals surface area contributed by atoms with E-state index in [1.807, 2.05) is 12.3 Å². The highest BCUT2D eigenvalue weighted by Gasteiger charge is 2.25. The molecule has 2 aromatic heterocycles. The van der Waals surface area contributed by atoms with Crippen LogP contribution in [0.1, 0.15) is 61.4 Å². The minimum absolute atomic E-state index is 0.322. The third kappa shape index (κ3) is 2.91. The number of hydrogen-bond donors (Lipinski definition) is 1. The van der Waals surface area contributed by atoms with Crippen molar-refractivity contribution in [1.82, 2.24) is 4.57 Å². The van der Waals surface area contributed by atoms with Crippen molar-refractivity contribution in [3.63, 3.8) is 0 Å². The molecule has 0 fully saturated rings. The topological polar surface area (TPSA) is 48.0 Å². The van der Waals surface area contributed by atoms with Crippen LogP contribution in [0.4, 0.5) is 0 Å². The maximum absolute atomic E-state index is 12.0. The molecule has 2 N–H and O–H groups in total. The Kier molecular flexibility index (Phi) is 4.88. The summed E-state index contributed by atoms with van der Waals surface area (Å²) < 4.78 is 2.28. The van der Waals surface area contributed by atoms with E-state index in [-0.39, 0.29) is 5.91 Å². The van der Waals surface area contributed by atoms with Gasteiger partial charge in [-0.3, -0.25) is 4.79 Å². The number of unbranched alkanes of at least 4 members (excludes halogenated alkanes) is 1. The summed E-state index contributed by atoms with van der Waals surface area (Å²) in [5.41, 5.74) is 10.8. The number of thiophene rings is 1. The van der Waals surface area contributed by atoms with Gasteiger partial charge in [0.1, 0.15) is 0 Å². The van der Waals surface area contributed by atoms with E-state index in [0.717, 1.165) is 36.1 Å². The Balaban J connectivity index is 2.74. The zero-order chi connectivity index (χ0) is 15.6. The largest absolute Gasteiger partial charge is 0.366 e. The Labute approximate surface area is 130 Å². The van der Waals surface area contributed by atoms with Crippen LogP contribution in [0.25, 0.3) is 11.1 Å². The van der Waals surface area contributed by atoms with E-state index in [9.17, 15) is 4.79 Å². The Morgan fingerprint density at radius 2 is 2.14 bits per heavy atom. The summed E-state index contributed by atoms with van der Waals surface area (Å²) in [4.78, 5) is 12.0. The Hall–Kier alpha value is -1.55. The predicted molar refractivity (Wildman–Crippen MR) is 90.0 cm³/mol. The molecule has 0 spiro atoms. The van der Waals surface area contributed by atoms with E-state index in [1.165, 1.54) is 5.69 Å². The van der Waals surface area contributed by atoms with Crippen LogP contribution in [0.15, 0.2) is 16.8 Å². The molecule has 0 atom stereocenters. The molecule has 0 aromatic carbocycles. The zero-order valence-electron chi connectivity index (χ0n) is 13.3. The molecule has 4 heteroatoms. The highest BCUT2D eigenvalue weighted by Crippen LogP contribution is 2.36. The SMILES string of the molecule is CCCCc1c(-c2ccsc2)c(C(N)=O)c(C)n1C(C)C. The molecule has 2 aromatic rings. The van der Waals surface area contributed by atoms with Gasteiger partial charge in [0, 0.05) is 23.0 Å². The first-order valence-electron chi connectivity index (χ1n) is 7.55. The molecule has 0 unspecified atom stereocenters. The van der Waals surface area contributed by atoms with Crippen molar-refractivity contribution in [2.24, 2.45) is 5.73 Å². The number of rotatable bonds is 6. The maximum atomic E-state index is 12.0. The normalized spacial score (nSPS) is 11.3. The van der Waals surface area contributed by atoms with Crippen LogP contribution in [0.5, 0.6) is 0 Å². The second kappa shape index (κ2) is 6.48. The van der Waals surface area contributed by atoms with Crippen molar-refractivity contribution in [2.75, 3.05) is 0 Å². The van der Waals surface area contributed by atoms with Gasteiger partial charge in [-0.25, -0.2) is 0 Å². The smallest absolute Gasteiger partial charge is 0.251 e. The minimum atomic E-state index is -0.328. The number of amides is 1. The standard InChI is InChI=1S/C17H24N2OS/c1-5-6-7-14-16(13-8-9-21-10-13)15(17(18)20)12(4)19(14)11(2)3/h8-11H,5-7H2,1-4H3,(H2,18,20). The number of nitrogens with zero attached hydrogens (tertiary/aromatic N) is 1. The second-order valence-electron chi connectivity index (χ2n) is 5.73. The molecule has 0 saturated carbocycles. The van der Waals surface area contributed by atoms with Gasteiger partial charge < -0.3 is 10.3 Å². The van der Waals surface area contributed by atoms with Crippen LogP contribution >= 0.6 is 11.3 Å². The summed E-state index contributed by atoms with van der Waals surface area (Å²) in [6.07, 6.45) is 3.23. The lowest BCUT2D eigenvalue weighted by Crippen LogP contribution is -2.14. The molecule has 0 radical (unpaired) electrons. The summed E-state index contributed by atoms with van der Waals surface area (Å²) in [6.45, 7) is 8.51. The lowest BCUT2D eigenvalue weighted by atomic mass is 10.00. The third-order valence-electron chi connectivity index (χ3n) is 3.89. The van der Waals surface area contributed by atoms with Gasteiger partial charge in [0.25, 0.3) is 5.91 Å². The summed E-state index contributed by atoms with van der Waals surface area (Å²) in [5.74, 6) is -0.328. The van der Waals surface area contributed by atoms with Gasteiger partial charge in [0.2, 0.25) is 0 Å². The first-order chi connectivity index (χ1) is 9.99. The van der Waals surface area contributed by atoms with Crippen molar-refractivity contribution in [2.45, 2.75) is 53.0 Å². The molecular formula is C17H24N2OS. The molecule has 0 aliphatic rings. The fraction of sp³-hybridized carbons (Fsp3) is 0.471. The second-order valence-corrected chi connectivity index (χ2v) is 6.51. The van der Waals surface area contributed by atoms with Crippen LogP contribution in [0.2, 0.25) is 0 Å². The van der Waals surface area contributed by atoms with Gasteiger partial charge in [0.15, 0.2) is 0 Å². The van der Waals surface area contributed by atoms with Gasteiger partial charge >= 0.3 is 0 Å². The maximum Gasteiger partial charge on any atom is 0.251 e. The minimum Gasteiger partial charge on any atom is -0.366 e. The number of primary amides is 1. The van der Waals surface area contributed by atoms with Crippen molar-refractivity contribution >= 4 is 17.2 Å². The van der Waals surface area contributed by atoms with Crippen molar-refractivity contribution in [1.29, 1.82) is 0 Å². The third-order valence-corrected chi connectivity index (χ3v) is 4.58. The molecular weight excluding hydrogens is 280 g/mol. The fourth-order valence-corrected chi connectivity index (χ4v) is 3.72. The average molecular weight is 304 g/mol. The molecule has 2 rings (SSSR count). The summed E-state index contributed by atoms with van der Waals surface area (Å²) in [6, 6.07) is 2.40. The Morgan fingerprint density at radius 3 is 2.62 bits per heavy atom. The summed E-state index contributed by atoms with van der Waals surface area (Å²) in [5, 5.41) is 4.15. The van der Waals surface area contributed by atoms with E-state index < -0.39 is 0 Å². The number of carbonyl (C=O) groups excluding carboxylic acids is 1. The van der Waals surface area contributed by atoms with Gasteiger partial charge in [-0.15, -0.1) is 0 Å². The number of carbonyl (C=O) groups is 1. The lowest BCUT2D eigenvalue weighted by molar-refractivity contribution is 0.1000. The van der Waals surface area contributed by atoms with Crippen LogP contribution < -0.4 is 5.73 Å². The summed E-state index contributed by atoms with van der Waals surface area (Å²) >= 11 is 1.65. The average Bonchev–Trinajstić information content (AvgIpc) is 3.01. The quantitative estimate of drug-likeness (QED) is 0.836. The van der Waals surface area contributed by atoms with E-state index in [4.69, 9.17) is 5.73 Å². The lowest BCUT2D eigenvalue weighted by Gasteiger charge is -2.16. The molecule has 114 valence electrons. The molecule has 0 aliphatic carbocycles. The molecule has 21 heavy (non-hydrogen) atoms. The van der Waals surface area contributed by atoms with Gasteiger partial charge in [-0.05, 0) is 56.0 Å². The Morgan fingerprint density at radius 1 is 1.43 bits per heavy atom. The Bertz CT molecular complexity index is 624. The van der Waals surface area contributed by atoms with Crippen LogP contribution in [0.3, 0.4) is 0 Å².